The van der Waals surface area contributed by atoms with Gasteiger partial charge in [-0.05, 0) is 43.5 Å². The highest BCUT2D eigenvalue weighted by Crippen LogP contribution is 2.39. The Morgan fingerprint density at radius 1 is 1.06 bits per heavy atom. The zero-order valence-corrected chi connectivity index (χ0v) is 21.0. The molecule has 0 aromatic heterocycles. The van der Waals surface area contributed by atoms with E-state index in [0.29, 0.717) is 50.6 Å². The predicted molar refractivity (Wildman–Crippen MR) is 139 cm³/mol. The number of likely N-dealkylation sites (tertiary alicyclic amines) is 1. The van der Waals surface area contributed by atoms with Gasteiger partial charge in [-0.1, -0.05) is 37.6 Å². The number of ether oxygens (including phenoxy) is 1. The third-order valence-corrected chi connectivity index (χ3v) is 6.95. The minimum Gasteiger partial charge on any atom is -0.497 e. The van der Waals surface area contributed by atoms with Crippen molar-refractivity contribution in [3.8, 4) is 5.75 Å². The Balaban J connectivity index is 1.47. The van der Waals surface area contributed by atoms with Crippen LogP contribution in [0.2, 0.25) is 0 Å². The van der Waals surface area contributed by atoms with E-state index in [4.69, 9.17) is 4.74 Å². The van der Waals surface area contributed by atoms with Crippen LogP contribution in [0.15, 0.2) is 54.6 Å². The maximum Gasteiger partial charge on any atom is 0.317 e. The second kappa shape index (κ2) is 11.3. The summed E-state index contributed by atoms with van der Waals surface area (Å²) in [4.78, 5) is 44.8. The van der Waals surface area contributed by atoms with Crippen molar-refractivity contribution in [2.24, 2.45) is 0 Å². The molecule has 4 amide bonds. The van der Waals surface area contributed by atoms with Crippen LogP contribution in [0.5, 0.6) is 5.75 Å². The molecule has 2 aromatic rings. The van der Waals surface area contributed by atoms with E-state index in [1.54, 1.807) is 41.2 Å². The summed E-state index contributed by atoms with van der Waals surface area (Å²) in [7, 11) is 1.57. The van der Waals surface area contributed by atoms with Crippen molar-refractivity contribution in [3.63, 3.8) is 0 Å². The summed E-state index contributed by atoms with van der Waals surface area (Å²) < 4.78 is 5.22. The molecule has 0 bridgehead atoms. The van der Waals surface area contributed by atoms with E-state index in [1.165, 1.54) is 0 Å². The molecule has 0 atom stereocenters. The number of unbranched alkanes of at least 4 members (excludes halogenated alkanes) is 1. The van der Waals surface area contributed by atoms with Crippen LogP contribution in [0.3, 0.4) is 0 Å². The van der Waals surface area contributed by atoms with Crippen molar-refractivity contribution >= 4 is 29.2 Å². The maximum absolute atomic E-state index is 13.8. The molecular weight excluding hydrogens is 458 g/mol. The molecule has 36 heavy (non-hydrogen) atoms. The summed E-state index contributed by atoms with van der Waals surface area (Å²) in [6.45, 7) is 3.97. The van der Waals surface area contributed by atoms with Crippen LogP contribution in [0.1, 0.15) is 32.6 Å². The van der Waals surface area contributed by atoms with Crippen LogP contribution in [0.25, 0.3) is 0 Å². The van der Waals surface area contributed by atoms with Gasteiger partial charge in [0.1, 0.15) is 17.8 Å². The molecule has 0 unspecified atom stereocenters. The van der Waals surface area contributed by atoms with Gasteiger partial charge in [-0.25, -0.2) is 4.79 Å². The van der Waals surface area contributed by atoms with Crippen LogP contribution in [0.4, 0.5) is 16.2 Å². The van der Waals surface area contributed by atoms with Gasteiger partial charge in [0.15, 0.2) is 0 Å². The van der Waals surface area contributed by atoms with Crippen LogP contribution < -0.4 is 20.3 Å². The molecular formula is C27H35N5O4. The van der Waals surface area contributed by atoms with Crippen LogP contribution in [-0.2, 0) is 9.59 Å². The number of rotatable bonds is 8. The Labute approximate surface area is 212 Å². The number of nitrogens with one attached hydrogen (secondary N) is 2. The Morgan fingerprint density at radius 3 is 2.50 bits per heavy atom. The van der Waals surface area contributed by atoms with Crippen molar-refractivity contribution in [3.05, 3.63) is 54.6 Å². The smallest absolute Gasteiger partial charge is 0.317 e. The van der Waals surface area contributed by atoms with Gasteiger partial charge in [-0.15, -0.1) is 0 Å². The number of urea groups is 1. The summed E-state index contributed by atoms with van der Waals surface area (Å²) >= 11 is 0. The highest BCUT2D eigenvalue weighted by atomic mass is 16.5. The molecule has 2 fully saturated rings. The van der Waals surface area contributed by atoms with E-state index >= 15 is 0 Å². The highest BCUT2D eigenvalue weighted by molar-refractivity contribution is 5.99. The molecule has 0 radical (unpaired) electrons. The largest absolute Gasteiger partial charge is 0.497 e. The SMILES string of the molecule is CCCCNC(=O)N1CCC2(CC1)C(=O)N(CC(=O)Nc1cccc(OC)c1)CN2c1ccccc1. The van der Waals surface area contributed by atoms with Crippen molar-refractivity contribution in [2.45, 2.75) is 38.1 Å². The molecule has 0 saturated carbocycles. The third kappa shape index (κ3) is 5.40. The Bertz CT molecular complexity index is 1070. The van der Waals surface area contributed by atoms with Crippen LogP contribution in [0, 0.1) is 0 Å². The first-order chi connectivity index (χ1) is 17.5. The Kier molecular flexibility index (Phi) is 7.97. The summed E-state index contributed by atoms with van der Waals surface area (Å²) in [6.07, 6.45) is 2.98. The number of anilines is 2. The molecule has 9 nitrogen and oxygen atoms in total. The summed E-state index contributed by atoms with van der Waals surface area (Å²) in [5.41, 5.74) is 0.767. The lowest BCUT2D eigenvalue weighted by Crippen LogP contribution is -2.58. The number of hydrogen-bond acceptors (Lipinski definition) is 5. The predicted octanol–water partition coefficient (Wildman–Crippen LogP) is 3.28. The summed E-state index contributed by atoms with van der Waals surface area (Å²) in [5.74, 6) is 0.303. The van der Waals surface area contributed by atoms with Gasteiger partial charge < -0.3 is 30.1 Å². The van der Waals surface area contributed by atoms with E-state index in [0.717, 1.165) is 18.5 Å². The zero-order chi connectivity index (χ0) is 25.5. The Morgan fingerprint density at radius 2 is 1.81 bits per heavy atom. The number of hydrogen-bond donors (Lipinski definition) is 2. The van der Waals surface area contributed by atoms with Crippen molar-refractivity contribution < 1.29 is 19.1 Å². The second-order valence-electron chi connectivity index (χ2n) is 9.29. The van der Waals surface area contributed by atoms with Crippen molar-refractivity contribution in [1.29, 1.82) is 0 Å². The molecule has 9 heteroatoms. The monoisotopic (exact) mass is 493 g/mol. The molecule has 2 N–H and O–H groups in total. The van der Waals surface area contributed by atoms with E-state index < -0.39 is 5.54 Å². The minimum atomic E-state index is -0.780. The van der Waals surface area contributed by atoms with E-state index in [9.17, 15) is 14.4 Å². The average Bonchev–Trinajstić information content (AvgIpc) is 3.15. The lowest BCUT2D eigenvalue weighted by molar-refractivity contribution is -0.136. The van der Waals surface area contributed by atoms with Gasteiger partial charge in [0.2, 0.25) is 5.91 Å². The fourth-order valence-corrected chi connectivity index (χ4v) is 4.96. The van der Waals surface area contributed by atoms with Crippen LogP contribution >= 0.6 is 0 Å². The summed E-state index contributed by atoms with van der Waals surface area (Å²) in [5, 5.41) is 5.83. The Hall–Kier alpha value is -3.75. The molecule has 2 saturated heterocycles. The fraction of sp³-hybridized carbons (Fsp3) is 0.444. The molecule has 2 aliphatic heterocycles. The second-order valence-corrected chi connectivity index (χ2v) is 9.29. The van der Waals surface area contributed by atoms with Crippen LogP contribution in [-0.4, -0.2) is 73.1 Å². The molecule has 2 heterocycles. The molecule has 2 aliphatic rings. The number of methoxy groups -OCH3 is 1. The zero-order valence-electron chi connectivity index (χ0n) is 21.0. The van der Waals surface area contributed by atoms with E-state index in [-0.39, 0.29) is 24.4 Å². The third-order valence-electron chi connectivity index (χ3n) is 6.95. The number of para-hydroxylation sites is 1. The van der Waals surface area contributed by atoms with Crippen molar-refractivity contribution in [2.75, 3.05) is 50.2 Å². The number of carbonyl (C=O) groups is 3. The molecule has 1 spiro atoms. The quantitative estimate of drug-likeness (QED) is 0.551. The first-order valence-corrected chi connectivity index (χ1v) is 12.6. The summed E-state index contributed by atoms with van der Waals surface area (Å²) in [6, 6.07) is 16.8. The fourth-order valence-electron chi connectivity index (χ4n) is 4.96. The standard InChI is InChI=1S/C27H35N5O4/c1-3-4-15-28-26(35)30-16-13-27(14-17-30)25(34)31(20-32(27)22-10-6-5-7-11-22)19-24(33)29-21-9-8-12-23(18-21)36-2/h5-12,18H,3-4,13-17,19-20H2,1-2H3,(H,28,35)(H,29,33). The average molecular weight is 494 g/mol. The molecule has 192 valence electrons. The van der Waals surface area contributed by atoms with Gasteiger partial charge in [0.25, 0.3) is 5.91 Å². The number of amides is 4. The highest BCUT2D eigenvalue weighted by Gasteiger charge is 2.54. The first-order valence-electron chi connectivity index (χ1n) is 12.6. The first kappa shape index (κ1) is 25.3. The van der Waals surface area contributed by atoms with Gasteiger partial charge in [0, 0.05) is 37.1 Å². The number of carbonyl (C=O) groups excluding carboxylic acids is 3. The van der Waals surface area contributed by atoms with Gasteiger partial charge in [-0.2, -0.15) is 0 Å². The normalized spacial score (nSPS) is 16.8. The number of benzene rings is 2. The topological polar surface area (TPSA) is 94.2 Å². The minimum absolute atomic E-state index is 0.0532. The number of piperidine rings is 1. The lowest BCUT2D eigenvalue weighted by Gasteiger charge is -2.43. The van der Waals surface area contributed by atoms with E-state index in [1.807, 2.05) is 30.3 Å². The number of nitrogens with zero attached hydrogens (tertiary/aromatic N) is 3. The van der Waals surface area contributed by atoms with Gasteiger partial charge >= 0.3 is 6.03 Å². The van der Waals surface area contributed by atoms with Gasteiger partial charge in [-0.3, -0.25) is 9.59 Å². The molecule has 0 aliphatic carbocycles. The molecule has 2 aromatic carbocycles. The lowest BCUT2D eigenvalue weighted by atomic mass is 9.85. The van der Waals surface area contributed by atoms with E-state index in [2.05, 4.69) is 22.5 Å². The van der Waals surface area contributed by atoms with Crippen molar-refractivity contribution in [1.82, 2.24) is 15.1 Å². The maximum atomic E-state index is 13.8. The van der Waals surface area contributed by atoms with Gasteiger partial charge in [0.05, 0.1) is 13.8 Å². The molecule has 4 rings (SSSR count).